The number of aromatic amines is 1. The minimum atomic E-state index is -4.58. The van der Waals surface area contributed by atoms with Gasteiger partial charge in [-0.15, -0.1) is 0 Å². The zero-order valence-corrected chi connectivity index (χ0v) is 11.9. The molecule has 1 aromatic carbocycles. The van der Waals surface area contributed by atoms with E-state index < -0.39 is 18.1 Å². The number of amides is 1. The van der Waals surface area contributed by atoms with Crippen LogP contribution in [-0.2, 0) is 6.42 Å². The topological polar surface area (TPSA) is 57.8 Å². The highest BCUT2D eigenvalue weighted by Crippen LogP contribution is 2.32. The molecule has 0 saturated heterocycles. The zero-order chi connectivity index (χ0) is 16.2. The largest absolute Gasteiger partial charge is 0.412 e. The molecule has 0 spiro atoms. The maximum absolute atomic E-state index is 13.2. The Kier molecular flexibility index (Phi) is 4.85. The van der Waals surface area contributed by atoms with Crippen LogP contribution in [0.25, 0.3) is 0 Å². The minimum Gasteiger partial charge on any atom is -0.335 e. The summed E-state index contributed by atoms with van der Waals surface area (Å²) in [5, 5.41) is 8.40. The molecule has 0 aliphatic carbocycles. The average Bonchev–Trinajstić information content (AvgIpc) is 2.93. The standard InChI is InChI=1S/C15H16F3N3O/c1-2-6-11-9-12(21-20-11)14(22)19-13(15(16,17)18)10-7-4-3-5-8-10/h3-5,7-9,13H,2,6H2,1H3,(H,19,22)(H,20,21). The molecule has 2 N–H and O–H groups in total. The van der Waals surface area contributed by atoms with Crippen LogP contribution < -0.4 is 5.32 Å². The predicted molar refractivity (Wildman–Crippen MR) is 75.3 cm³/mol. The molecule has 0 radical (unpaired) electrons. The third-order valence-corrected chi connectivity index (χ3v) is 3.12. The van der Waals surface area contributed by atoms with Gasteiger partial charge in [0, 0.05) is 5.69 Å². The number of benzene rings is 1. The average molecular weight is 311 g/mol. The van der Waals surface area contributed by atoms with Crippen LogP contribution in [0.4, 0.5) is 13.2 Å². The fourth-order valence-electron chi connectivity index (χ4n) is 2.08. The van der Waals surface area contributed by atoms with Crippen LogP contribution >= 0.6 is 0 Å². The smallest absolute Gasteiger partial charge is 0.335 e. The lowest BCUT2D eigenvalue weighted by molar-refractivity contribution is -0.155. The Morgan fingerprint density at radius 2 is 2.00 bits per heavy atom. The summed E-state index contributed by atoms with van der Waals surface area (Å²) in [6.45, 7) is 1.95. The molecule has 4 nitrogen and oxygen atoms in total. The summed E-state index contributed by atoms with van der Waals surface area (Å²) in [6.07, 6.45) is -3.06. The van der Waals surface area contributed by atoms with Crippen LogP contribution in [0.3, 0.4) is 0 Å². The summed E-state index contributed by atoms with van der Waals surface area (Å²) in [6, 6.07) is 6.66. The lowest BCUT2D eigenvalue weighted by Crippen LogP contribution is -2.38. The van der Waals surface area contributed by atoms with Crippen molar-refractivity contribution in [1.29, 1.82) is 0 Å². The predicted octanol–water partition coefficient (Wildman–Crippen LogP) is 3.40. The Bertz CT molecular complexity index is 622. The van der Waals surface area contributed by atoms with E-state index in [0.29, 0.717) is 6.42 Å². The van der Waals surface area contributed by atoms with E-state index in [2.05, 4.69) is 10.2 Å². The molecule has 1 aromatic heterocycles. The molecule has 0 fully saturated rings. The van der Waals surface area contributed by atoms with Gasteiger partial charge >= 0.3 is 6.18 Å². The minimum absolute atomic E-state index is 0.0207. The lowest BCUT2D eigenvalue weighted by atomic mass is 10.1. The van der Waals surface area contributed by atoms with Gasteiger partial charge in [-0.3, -0.25) is 9.89 Å². The van der Waals surface area contributed by atoms with Crippen LogP contribution in [0.2, 0.25) is 0 Å². The van der Waals surface area contributed by atoms with Crippen molar-refractivity contribution < 1.29 is 18.0 Å². The van der Waals surface area contributed by atoms with E-state index in [-0.39, 0.29) is 11.3 Å². The second-order valence-corrected chi connectivity index (χ2v) is 4.89. The Balaban J connectivity index is 2.18. The monoisotopic (exact) mass is 311 g/mol. The lowest BCUT2D eigenvalue weighted by Gasteiger charge is -2.21. The van der Waals surface area contributed by atoms with E-state index in [0.717, 1.165) is 12.1 Å². The maximum atomic E-state index is 13.2. The summed E-state index contributed by atoms with van der Waals surface area (Å²) in [4.78, 5) is 12.0. The van der Waals surface area contributed by atoms with Gasteiger partial charge in [-0.05, 0) is 18.1 Å². The number of nitrogens with zero attached hydrogens (tertiary/aromatic N) is 1. The van der Waals surface area contributed by atoms with Gasteiger partial charge in [-0.1, -0.05) is 43.7 Å². The molecule has 0 aliphatic heterocycles. The summed E-state index contributed by atoms with van der Waals surface area (Å²) in [7, 11) is 0. The first-order valence-electron chi connectivity index (χ1n) is 6.88. The third-order valence-electron chi connectivity index (χ3n) is 3.12. The van der Waals surface area contributed by atoms with Crippen molar-refractivity contribution in [1.82, 2.24) is 15.5 Å². The van der Waals surface area contributed by atoms with E-state index in [1.807, 2.05) is 12.2 Å². The number of alkyl halides is 3. The molecule has 0 bridgehead atoms. The number of aryl methyl sites for hydroxylation is 1. The molecule has 2 aromatic rings. The summed E-state index contributed by atoms with van der Waals surface area (Å²) < 4.78 is 39.5. The van der Waals surface area contributed by atoms with E-state index >= 15 is 0 Å². The molecule has 0 saturated carbocycles. The maximum Gasteiger partial charge on any atom is 0.412 e. The number of H-pyrrole nitrogens is 1. The summed E-state index contributed by atoms with van der Waals surface area (Å²) in [5.41, 5.74) is 0.650. The number of hydrogen-bond donors (Lipinski definition) is 2. The summed E-state index contributed by atoms with van der Waals surface area (Å²) >= 11 is 0. The van der Waals surface area contributed by atoms with Crippen molar-refractivity contribution in [3.8, 4) is 0 Å². The van der Waals surface area contributed by atoms with Gasteiger partial charge in [-0.25, -0.2) is 0 Å². The normalized spacial score (nSPS) is 12.9. The molecule has 2 rings (SSSR count). The van der Waals surface area contributed by atoms with Crippen molar-refractivity contribution in [2.75, 3.05) is 0 Å². The molecule has 7 heteroatoms. The SMILES string of the molecule is CCCc1cc(C(=O)NC(c2ccccc2)C(F)(F)F)n[nH]1. The highest BCUT2D eigenvalue weighted by molar-refractivity contribution is 5.92. The van der Waals surface area contributed by atoms with Crippen molar-refractivity contribution >= 4 is 5.91 Å². The Labute approximate surface area is 125 Å². The van der Waals surface area contributed by atoms with Gasteiger partial charge in [0.1, 0.15) is 5.69 Å². The molecule has 118 valence electrons. The highest BCUT2D eigenvalue weighted by atomic mass is 19.4. The number of rotatable bonds is 5. The Morgan fingerprint density at radius 3 is 2.59 bits per heavy atom. The van der Waals surface area contributed by atoms with Crippen molar-refractivity contribution in [3.05, 3.63) is 53.3 Å². The first-order valence-corrected chi connectivity index (χ1v) is 6.88. The number of nitrogens with one attached hydrogen (secondary N) is 2. The first kappa shape index (κ1) is 16.1. The third kappa shape index (κ3) is 3.87. The molecule has 1 unspecified atom stereocenters. The van der Waals surface area contributed by atoms with Crippen molar-refractivity contribution in [3.63, 3.8) is 0 Å². The van der Waals surface area contributed by atoms with Gasteiger partial charge < -0.3 is 5.32 Å². The fraction of sp³-hybridized carbons (Fsp3) is 0.333. The van der Waals surface area contributed by atoms with Crippen LogP contribution in [-0.4, -0.2) is 22.3 Å². The molecule has 22 heavy (non-hydrogen) atoms. The molecule has 1 heterocycles. The van der Waals surface area contributed by atoms with E-state index in [4.69, 9.17) is 0 Å². The number of carbonyl (C=O) groups is 1. The zero-order valence-electron chi connectivity index (χ0n) is 11.9. The molecule has 1 atom stereocenters. The van der Waals surface area contributed by atoms with Crippen molar-refractivity contribution in [2.45, 2.75) is 32.0 Å². The fourth-order valence-corrected chi connectivity index (χ4v) is 2.08. The quantitative estimate of drug-likeness (QED) is 0.889. The second kappa shape index (κ2) is 6.64. The molecule has 0 aliphatic rings. The Morgan fingerprint density at radius 1 is 1.32 bits per heavy atom. The molecule has 1 amide bonds. The van der Waals surface area contributed by atoms with Crippen LogP contribution in [0.15, 0.2) is 36.4 Å². The van der Waals surface area contributed by atoms with E-state index in [9.17, 15) is 18.0 Å². The van der Waals surface area contributed by atoms with Crippen LogP contribution in [0.5, 0.6) is 0 Å². The van der Waals surface area contributed by atoms with Crippen molar-refractivity contribution in [2.24, 2.45) is 0 Å². The highest BCUT2D eigenvalue weighted by Gasteiger charge is 2.42. The van der Waals surface area contributed by atoms with Gasteiger partial charge in [-0.2, -0.15) is 18.3 Å². The summed E-state index contributed by atoms with van der Waals surface area (Å²) in [5.74, 6) is -0.857. The first-order chi connectivity index (χ1) is 10.4. The molecular weight excluding hydrogens is 295 g/mol. The van der Waals surface area contributed by atoms with E-state index in [1.165, 1.54) is 30.3 Å². The van der Waals surface area contributed by atoms with Gasteiger partial charge in [0.05, 0.1) is 0 Å². The molecular formula is C15H16F3N3O. The van der Waals surface area contributed by atoms with Crippen LogP contribution in [0.1, 0.15) is 41.1 Å². The van der Waals surface area contributed by atoms with Crippen LogP contribution in [0, 0.1) is 0 Å². The number of carbonyl (C=O) groups excluding carboxylic acids is 1. The number of halogens is 3. The number of aromatic nitrogens is 2. The van der Waals surface area contributed by atoms with Gasteiger partial charge in [0.15, 0.2) is 6.04 Å². The number of hydrogen-bond acceptors (Lipinski definition) is 2. The van der Waals surface area contributed by atoms with E-state index in [1.54, 1.807) is 6.07 Å². The van der Waals surface area contributed by atoms with Gasteiger partial charge in [0.25, 0.3) is 5.91 Å². The Hall–Kier alpha value is -2.31. The van der Waals surface area contributed by atoms with Gasteiger partial charge in [0.2, 0.25) is 0 Å². The second-order valence-electron chi connectivity index (χ2n) is 4.89.